The van der Waals surface area contributed by atoms with Crippen molar-refractivity contribution in [3.8, 4) is 0 Å². The summed E-state index contributed by atoms with van der Waals surface area (Å²) in [5.41, 5.74) is 2.18. The van der Waals surface area contributed by atoms with Gasteiger partial charge in [-0.2, -0.15) is 5.10 Å². The van der Waals surface area contributed by atoms with E-state index in [1.165, 1.54) is 0 Å². The number of aliphatic hydroxyl groups is 1. The summed E-state index contributed by atoms with van der Waals surface area (Å²) in [4.78, 5) is 2.23. The van der Waals surface area contributed by atoms with E-state index in [0.29, 0.717) is 0 Å². The van der Waals surface area contributed by atoms with Crippen LogP contribution in [0.5, 0.6) is 0 Å². The monoisotopic (exact) mass is 243 g/mol. The highest BCUT2D eigenvalue weighted by Gasteiger charge is 2.23. The van der Waals surface area contributed by atoms with Gasteiger partial charge in [0.15, 0.2) is 0 Å². The smallest absolute Gasteiger partial charge is 0.131 e. The van der Waals surface area contributed by atoms with Crippen molar-refractivity contribution in [2.45, 2.75) is 32.4 Å². The molecule has 0 bridgehead atoms. The van der Waals surface area contributed by atoms with Gasteiger partial charge in [0, 0.05) is 32.2 Å². The number of hydrogen-bond acceptors (Lipinski definition) is 3. The third kappa shape index (κ3) is 2.24. The van der Waals surface area contributed by atoms with Crippen LogP contribution in [0, 0.1) is 0 Å². The number of aromatic nitrogens is 2. The first kappa shape index (κ1) is 11.9. The minimum absolute atomic E-state index is 0.180. The molecular weight excluding hydrogens is 226 g/mol. The second-order valence-electron chi connectivity index (χ2n) is 4.37. The molecule has 1 aliphatic heterocycles. The highest BCUT2D eigenvalue weighted by Crippen LogP contribution is 2.23. The number of likely N-dealkylation sites (tertiary alicyclic amines) is 1. The van der Waals surface area contributed by atoms with Gasteiger partial charge in [0.05, 0.1) is 11.8 Å². The fraction of sp³-hybridized carbons (Fsp3) is 0.727. The summed E-state index contributed by atoms with van der Waals surface area (Å²) in [7, 11) is 1.86. The Balaban J connectivity index is 2.14. The van der Waals surface area contributed by atoms with Gasteiger partial charge in [-0.05, 0) is 12.8 Å². The minimum atomic E-state index is -0.180. The third-order valence-corrected chi connectivity index (χ3v) is 3.59. The van der Waals surface area contributed by atoms with Crippen molar-refractivity contribution in [2.24, 2.45) is 7.05 Å². The van der Waals surface area contributed by atoms with Gasteiger partial charge in [0.25, 0.3) is 0 Å². The fourth-order valence-corrected chi connectivity index (χ4v) is 2.43. The molecule has 0 saturated carbocycles. The number of hydrogen-bond donors (Lipinski definition) is 1. The topological polar surface area (TPSA) is 41.3 Å². The van der Waals surface area contributed by atoms with Gasteiger partial charge in [-0.15, -0.1) is 0 Å². The zero-order valence-corrected chi connectivity index (χ0v) is 10.5. The van der Waals surface area contributed by atoms with Crippen LogP contribution in [0.15, 0.2) is 0 Å². The van der Waals surface area contributed by atoms with Crippen molar-refractivity contribution < 1.29 is 5.11 Å². The van der Waals surface area contributed by atoms with Crippen LogP contribution < -0.4 is 0 Å². The van der Waals surface area contributed by atoms with E-state index in [4.69, 9.17) is 11.6 Å². The van der Waals surface area contributed by atoms with E-state index in [9.17, 15) is 5.11 Å². The van der Waals surface area contributed by atoms with Crippen LogP contribution in [-0.4, -0.2) is 39.0 Å². The minimum Gasteiger partial charge on any atom is -0.392 e. The molecule has 0 amide bonds. The summed E-state index contributed by atoms with van der Waals surface area (Å²) in [6.07, 6.45) is 1.58. The average molecular weight is 244 g/mol. The van der Waals surface area contributed by atoms with Gasteiger partial charge >= 0.3 is 0 Å². The standard InChI is InChI=1S/C11H18ClN3O/c1-3-10-9(11(12)14(2)13-10)7-15-5-4-8(16)6-15/h8,16H,3-7H2,1-2H3/t8-/m1/s1. The summed E-state index contributed by atoms with van der Waals surface area (Å²) >= 11 is 6.22. The van der Waals surface area contributed by atoms with Crippen LogP contribution in [0.3, 0.4) is 0 Å². The maximum atomic E-state index is 9.48. The first-order valence-corrected chi connectivity index (χ1v) is 6.10. The van der Waals surface area contributed by atoms with E-state index < -0.39 is 0 Å². The van der Waals surface area contributed by atoms with Crippen LogP contribution in [-0.2, 0) is 20.0 Å². The first-order chi connectivity index (χ1) is 7.61. The SMILES string of the molecule is CCc1nn(C)c(Cl)c1CN1CC[C@@H](O)C1. The Hall–Kier alpha value is -0.580. The van der Waals surface area contributed by atoms with Gasteiger partial charge < -0.3 is 5.11 Å². The Bertz CT molecular complexity index is 378. The van der Waals surface area contributed by atoms with E-state index in [1.54, 1.807) is 4.68 Å². The van der Waals surface area contributed by atoms with E-state index in [1.807, 2.05) is 7.05 Å². The molecule has 1 saturated heterocycles. The third-order valence-electron chi connectivity index (χ3n) is 3.12. The molecule has 0 aliphatic carbocycles. The molecule has 2 heterocycles. The Morgan fingerprint density at radius 2 is 2.31 bits per heavy atom. The Kier molecular flexibility index (Phi) is 3.52. The number of halogens is 1. The Labute approximate surface area is 101 Å². The summed E-state index contributed by atoms with van der Waals surface area (Å²) < 4.78 is 1.72. The predicted molar refractivity (Wildman–Crippen MR) is 63.5 cm³/mol. The molecule has 0 unspecified atom stereocenters. The second kappa shape index (κ2) is 4.73. The maximum Gasteiger partial charge on any atom is 0.131 e. The molecule has 1 aromatic rings. The molecule has 16 heavy (non-hydrogen) atoms. The lowest BCUT2D eigenvalue weighted by atomic mass is 10.2. The fourth-order valence-electron chi connectivity index (χ4n) is 2.22. The summed E-state index contributed by atoms with van der Waals surface area (Å²) in [6.45, 7) is 4.57. The molecule has 5 heteroatoms. The molecule has 2 rings (SSSR count). The summed E-state index contributed by atoms with van der Waals surface area (Å²) in [5.74, 6) is 0. The highest BCUT2D eigenvalue weighted by molar-refractivity contribution is 6.30. The quantitative estimate of drug-likeness (QED) is 0.868. The predicted octanol–water partition coefficient (Wildman–Crippen LogP) is 1.20. The zero-order valence-electron chi connectivity index (χ0n) is 9.78. The molecule has 4 nitrogen and oxygen atoms in total. The zero-order chi connectivity index (χ0) is 11.7. The molecule has 1 atom stereocenters. The largest absolute Gasteiger partial charge is 0.392 e. The maximum absolute atomic E-state index is 9.48. The van der Waals surface area contributed by atoms with E-state index >= 15 is 0 Å². The molecule has 1 aromatic heterocycles. The molecule has 0 aromatic carbocycles. The second-order valence-corrected chi connectivity index (χ2v) is 4.73. The average Bonchev–Trinajstić information content (AvgIpc) is 2.77. The molecule has 1 aliphatic rings. The normalized spacial score (nSPS) is 21.9. The van der Waals surface area contributed by atoms with Gasteiger partial charge in [-0.3, -0.25) is 9.58 Å². The van der Waals surface area contributed by atoms with Crippen molar-refractivity contribution in [3.63, 3.8) is 0 Å². The van der Waals surface area contributed by atoms with Crippen molar-refractivity contribution in [3.05, 3.63) is 16.4 Å². The molecule has 1 fully saturated rings. The number of nitrogens with zero attached hydrogens (tertiary/aromatic N) is 3. The van der Waals surface area contributed by atoms with Crippen LogP contribution in [0.4, 0.5) is 0 Å². The number of aryl methyl sites for hydroxylation is 2. The number of aliphatic hydroxyl groups excluding tert-OH is 1. The van der Waals surface area contributed by atoms with Gasteiger partial charge in [-0.1, -0.05) is 18.5 Å². The van der Waals surface area contributed by atoms with Gasteiger partial charge in [0.2, 0.25) is 0 Å². The van der Waals surface area contributed by atoms with Gasteiger partial charge in [-0.25, -0.2) is 0 Å². The molecule has 1 N–H and O–H groups in total. The van der Waals surface area contributed by atoms with Crippen molar-refractivity contribution in [1.29, 1.82) is 0 Å². The van der Waals surface area contributed by atoms with Crippen LogP contribution in [0.25, 0.3) is 0 Å². The lowest BCUT2D eigenvalue weighted by Gasteiger charge is -2.14. The number of rotatable bonds is 3. The first-order valence-electron chi connectivity index (χ1n) is 5.72. The Morgan fingerprint density at radius 1 is 1.56 bits per heavy atom. The lowest BCUT2D eigenvalue weighted by molar-refractivity contribution is 0.174. The molecule has 90 valence electrons. The summed E-state index contributed by atoms with van der Waals surface area (Å²) in [5, 5.41) is 14.6. The van der Waals surface area contributed by atoms with Crippen molar-refractivity contribution in [1.82, 2.24) is 14.7 Å². The van der Waals surface area contributed by atoms with E-state index in [-0.39, 0.29) is 6.10 Å². The van der Waals surface area contributed by atoms with Crippen LogP contribution in [0.2, 0.25) is 5.15 Å². The highest BCUT2D eigenvalue weighted by atomic mass is 35.5. The van der Waals surface area contributed by atoms with Crippen LogP contribution in [0.1, 0.15) is 24.6 Å². The van der Waals surface area contributed by atoms with Crippen molar-refractivity contribution in [2.75, 3.05) is 13.1 Å². The molecule has 0 radical (unpaired) electrons. The number of β-amino-alcohol motifs (C(OH)–C–C–N with tert-alkyl or cyclic N) is 1. The summed E-state index contributed by atoms with van der Waals surface area (Å²) in [6, 6.07) is 0. The lowest BCUT2D eigenvalue weighted by Crippen LogP contribution is -2.22. The Morgan fingerprint density at radius 3 is 2.88 bits per heavy atom. The van der Waals surface area contributed by atoms with E-state index in [0.717, 1.165) is 48.9 Å². The van der Waals surface area contributed by atoms with Crippen molar-refractivity contribution >= 4 is 11.6 Å². The van der Waals surface area contributed by atoms with Crippen LogP contribution >= 0.6 is 11.6 Å². The molecular formula is C11H18ClN3O. The van der Waals surface area contributed by atoms with Gasteiger partial charge in [0.1, 0.15) is 5.15 Å². The molecule has 0 spiro atoms. The van der Waals surface area contributed by atoms with E-state index in [2.05, 4.69) is 16.9 Å².